The van der Waals surface area contributed by atoms with E-state index in [1.54, 1.807) is 13.2 Å². The van der Waals surface area contributed by atoms with Crippen LogP contribution in [0.3, 0.4) is 0 Å². The molecule has 2 aromatic carbocycles. The standard InChI is InChI=1S/C32H47N3O3.C10H7NO/c1-6-14-33(4)22-30(36)35-17-15-34(16-18-35)21-24-19-27-23(20-29(24)38-5)8-9-26-25(27)10-12-31(3)28(26)11-13-32(31,37)7-2;12-7-9-6-5-8-3-1-2-4-10(8)11-9/h2,19-20,25-26,28,37H,6,8-18,21-22H2,1,3-5H3;1-7H. The molecule has 1 aromatic heterocycles. The summed E-state index contributed by atoms with van der Waals surface area (Å²) in [4.78, 5) is 33.8. The molecule has 0 bridgehead atoms. The number of carbonyl (C=O) groups is 2. The molecule has 3 fully saturated rings. The van der Waals surface area contributed by atoms with E-state index in [0.717, 1.165) is 101 Å². The Morgan fingerprint density at radius 1 is 1.12 bits per heavy atom. The van der Waals surface area contributed by atoms with Gasteiger partial charge in [0.05, 0.1) is 19.2 Å². The number of aromatic nitrogens is 1. The van der Waals surface area contributed by atoms with Crippen molar-refractivity contribution in [1.82, 2.24) is 19.7 Å². The molecule has 8 nitrogen and oxygen atoms in total. The molecular formula is C42H54N4O4. The summed E-state index contributed by atoms with van der Waals surface area (Å²) in [5, 5.41) is 12.3. The van der Waals surface area contributed by atoms with E-state index in [0.29, 0.717) is 30.0 Å². The van der Waals surface area contributed by atoms with Crippen LogP contribution in [-0.2, 0) is 17.8 Å². The third kappa shape index (κ3) is 7.06. The second-order valence-electron chi connectivity index (χ2n) is 15.2. The predicted molar refractivity (Wildman–Crippen MR) is 198 cm³/mol. The van der Waals surface area contributed by atoms with Crippen molar-refractivity contribution in [2.75, 3.05) is 53.4 Å². The van der Waals surface area contributed by atoms with Gasteiger partial charge >= 0.3 is 0 Å². The first-order chi connectivity index (χ1) is 24.1. The van der Waals surface area contributed by atoms with E-state index >= 15 is 0 Å². The number of nitrogens with zero attached hydrogens (tertiary/aromatic N) is 4. The molecule has 1 N–H and O–H groups in total. The normalized spacial score (nSPS) is 27.4. The van der Waals surface area contributed by atoms with Crippen LogP contribution in [0.4, 0.5) is 0 Å². The molecule has 1 aliphatic heterocycles. The second kappa shape index (κ2) is 15.2. The number of methoxy groups -OCH3 is 1. The summed E-state index contributed by atoms with van der Waals surface area (Å²) in [7, 11) is 3.81. The highest BCUT2D eigenvalue weighted by atomic mass is 16.5. The van der Waals surface area contributed by atoms with Crippen LogP contribution in [0.25, 0.3) is 10.9 Å². The molecule has 3 aliphatic carbocycles. The summed E-state index contributed by atoms with van der Waals surface area (Å²) in [5.41, 5.74) is 4.42. The molecule has 1 amide bonds. The van der Waals surface area contributed by atoms with Gasteiger partial charge in [-0.25, -0.2) is 4.98 Å². The summed E-state index contributed by atoms with van der Waals surface area (Å²) >= 11 is 0. The quantitative estimate of drug-likeness (QED) is 0.233. The topological polar surface area (TPSA) is 86.2 Å². The van der Waals surface area contributed by atoms with E-state index < -0.39 is 5.60 Å². The zero-order valence-electron chi connectivity index (χ0n) is 30.4. The first kappa shape index (κ1) is 36.0. The fourth-order valence-corrected chi connectivity index (χ4v) is 9.55. The minimum atomic E-state index is -0.955. The Hall–Kier alpha value is -3.77. The number of carbonyl (C=O) groups excluding carboxylic acids is 2. The number of para-hydroxylation sites is 1. The van der Waals surface area contributed by atoms with E-state index in [1.165, 1.54) is 23.1 Å². The van der Waals surface area contributed by atoms with Crippen LogP contribution in [-0.4, -0.2) is 96.0 Å². The van der Waals surface area contributed by atoms with Crippen LogP contribution in [0.2, 0.25) is 0 Å². The van der Waals surface area contributed by atoms with E-state index in [2.05, 4.69) is 46.7 Å². The van der Waals surface area contributed by atoms with Gasteiger partial charge in [0.1, 0.15) is 17.0 Å². The highest BCUT2D eigenvalue weighted by Gasteiger charge is 2.61. The van der Waals surface area contributed by atoms with E-state index in [4.69, 9.17) is 11.2 Å². The molecular weight excluding hydrogens is 624 g/mol. The lowest BCUT2D eigenvalue weighted by Gasteiger charge is -2.52. The van der Waals surface area contributed by atoms with Gasteiger partial charge in [-0.05, 0) is 106 Å². The van der Waals surface area contributed by atoms with Gasteiger partial charge in [-0.1, -0.05) is 50.1 Å². The third-order valence-corrected chi connectivity index (χ3v) is 12.4. The minimum Gasteiger partial charge on any atom is -0.496 e. The summed E-state index contributed by atoms with van der Waals surface area (Å²) < 4.78 is 5.89. The SMILES string of the molecule is C#CC1(O)CCC2C3CCc4cc(OC)c(CN5CCN(C(=O)CN(C)CCC)CC5)cc4C3CCC21C.O=Cc1ccc2ccccc2n1. The van der Waals surface area contributed by atoms with Crippen molar-refractivity contribution in [3.8, 4) is 18.1 Å². The van der Waals surface area contributed by atoms with Crippen molar-refractivity contribution in [2.24, 2.45) is 17.3 Å². The maximum Gasteiger partial charge on any atom is 0.236 e. The first-order valence-electron chi connectivity index (χ1n) is 18.5. The lowest BCUT2D eigenvalue weighted by molar-refractivity contribution is -0.133. The van der Waals surface area contributed by atoms with Gasteiger partial charge in [-0.15, -0.1) is 6.42 Å². The third-order valence-electron chi connectivity index (χ3n) is 12.4. The van der Waals surface area contributed by atoms with Crippen LogP contribution in [0, 0.1) is 29.6 Å². The molecule has 8 heteroatoms. The average Bonchev–Trinajstić information content (AvgIpc) is 3.42. The van der Waals surface area contributed by atoms with E-state index in [1.807, 2.05) is 42.3 Å². The number of rotatable bonds is 8. The Morgan fingerprint density at radius 2 is 1.90 bits per heavy atom. The van der Waals surface area contributed by atoms with Gasteiger partial charge in [0.2, 0.25) is 5.91 Å². The number of terminal acetylenes is 1. The lowest BCUT2D eigenvalue weighted by atomic mass is 9.53. The molecule has 7 rings (SSSR count). The highest BCUT2D eigenvalue weighted by molar-refractivity contribution is 5.83. The van der Waals surface area contributed by atoms with Crippen LogP contribution in [0.5, 0.6) is 5.75 Å². The first-order valence-corrected chi connectivity index (χ1v) is 18.5. The summed E-state index contributed by atoms with van der Waals surface area (Å²) in [6.45, 7) is 10.1. The lowest BCUT2D eigenvalue weighted by Crippen LogP contribution is -2.50. The number of likely N-dealkylation sites (N-methyl/N-ethyl adjacent to an activating group) is 1. The number of aryl methyl sites for hydroxylation is 1. The molecule has 0 radical (unpaired) electrons. The molecule has 5 atom stereocenters. The van der Waals surface area contributed by atoms with Crippen LogP contribution in [0.1, 0.15) is 85.5 Å². The molecule has 2 saturated carbocycles. The van der Waals surface area contributed by atoms with E-state index in [9.17, 15) is 14.7 Å². The monoisotopic (exact) mass is 678 g/mol. The molecule has 3 aromatic rings. The molecule has 1 saturated heterocycles. The predicted octanol–water partition coefficient (Wildman–Crippen LogP) is 5.95. The van der Waals surface area contributed by atoms with Crippen LogP contribution < -0.4 is 4.74 Å². The second-order valence-corrected chi connectivity index (χ2v) is 15.2. The van der Waals surface area contributed by atoms with Crippen molar-refractivity contribution < 1.29 is 19.4 Å². The Morgan fingerprint density at radius 3 is 2.62 bits per heavy atom. The molecule has 0 spiro atoms. The number of hydrogen-bond donors (Lipinski definition) is 1. The van der Waals surface area contributed by atoms with Gasteiger partial charge in [0, 0.05) is 49.1 Å². The van der Waals surface area contributed by atoms with Crippen molar-refractivity contribution in [1.29, 1.82) is 0 Å². The number of benzene rings is 2. The number of aldehydes is 1. The fourth-order valence-electron chi connectivity index (χ4n) is 9.55. The van der Waals surface area contributed by atoms with Gasteiger partial charge in [0.25, 0.3) is 0 Å². The number of aliphatic hydroxyl groups is 1. The Labute approximate surface area is 298 Å². The molecule has 266 valence electrons. The Kier molecular flexibility index (Phi) is 11.0. The van der Waals surface area contributed by atoms with Crippen LogP contribution in [0.15, 0.2) is 48.5 Å². The summed E-state index contributed by atoms with van der Waals surface area (Å²) in [5.74, 6) is 5.64. The van der Waals surface area contributed by atoms with Crippen molar-refractivity contribution in [2.45, 2.75) is 76.9 Å². The molecule has 4 aliphatic rings. The zero-order valence-corrected chi connectivity index (χ0v) is 30.4. The number of hydrogen-bond acceptors (Lipinski definition) is 7. The van der Waals surface area contributed by atoms with E-state index in [-0.39, 0.29) is 11.3 Å². The highest BCUT2D eigenvalue weighted by Crippen LogP contribution is 2.64. The molecule has 5 unspecified atom stereocenters. The van der Waals surface area contributed by atoms with Gasteiger partial charge in [-0.3, -0.25) is 19.4 Å². The average molecular weight is 679 g/mol. The number of ether oxygens (including phenoxy) is 1. The number of piperazine rings is 1. The Bertz CT molecular complexity index is 1730. The van der Waals surface area contributed by atoms with Gasteiger partial charge in [-0.2, -0.15) is 0 Å². The van der Waals surface area contributed by atoms with Crippen molar-refractivity contribution >= 4 is 23.1 Å². The summed E-state index contributed by atoms with van der Waals surface area (Å²) in [6, 6.07) is 16.1. The fraction of sp³-hybridized carbons (Fsp3) is 0.548. The maximum atomic E-state index is 12.7. The smallest absolute Gasteiger partial charge is 0.236 e. The van der Waals surface area contributed by atoms with Crippen LogP contribution >= 0.6 is 0 Å². The number of pyridine rings is 1. The largest absolute Gasteiger partial charge is 0.496 e. The molecule has 50 heavy (non-hydrogen) atoms. The summed E-state index contributed by atoms with van der Waals surface area (Å²) in [6.07, 6.45) is 13.8. The Balaban J connectivity index is 0.000000302. The van der Waals surface area contributed by atoms with Gasteiger partial charge < -0.3 is 14.7 Å². The number of fused-ring (bicyclic) bond motifs is 6. The van der Waals surface area contributed by atoms with Crippen molar-refractivity contribution in [3.63, 3.8) is 0 Å². The number of amides is 1. The zero-order chi connectivity index (χ0) is 35.5. The van der Waals surface area contributed by atoms with Crippen molar-refractivity contribution in [3.05, 3.63) is 70.9 Å². The van der Waals surface area contributed by atoms with Gasteiger partial charge in [0.15, 0.2) is 6.29 Å². The maximum absolute atomic E-state index is 12.7. The molecule has 2 heterocycles. The minimum absolute atomic E-state index is 0.168.